The molecule has 0 unspecified atom stereocenters. The lowest BCUT2D eigenvalue weighted by Gasteiger charge is -2.13. The minimum atomic E-state index is -0.778. The maximum atomic E-state index is 13.1. The van der Waals surface area contributed by atoms with E-state index in [2.05, 4.69) is 22.6 Å². The number of aliphatic hydroxyl groups excluding tert-OH is 1. The van der Waals surface area contributed by atoms with Gasteiger partial charge in [-0.05, 0) is 72.0 Å². The normalized spacial score (nSPS) is 12.2. The van der Waals surface area contributed by atoms with Crippen LogP contribution in [0.3, 0.4) is 0 Å². The highest BCUT2D eigenvalue weighted by Gasteiger charge is 2.11. The second-order valence-electron chi connectivity index (χ2n) is 3.91. The molecule has 2 aromatic rings. The van der Waals surface area contributed by atoms with Crippen molar-refractivity contribution in [3.05, 3.63) is 57.4 Å². The van der Waals surface area contributed by atoms with Gasteiger partial charge in [-0.3, -0.25) is 0 Å². The monoisotopic (exact) mass is 358 g/mol. The van der Waals surface area contributed by atoms with E-state index in [0.717, 1.165) is 3.57 Å². The van der Waals surface area contributed by atoms with Gasteiger partial charge in [0.05, 0.1) is 6.10 Å². The van der Waals surface area contributed by atoms with Gasteiger partial charge in [0.1, 0.15) is 17.3 Å². The maximum Gasteiger partial charge on any atom is 0.133 e. The van der Waals surface area contributed by atoms with E-state index < -0.39 is 6.10 Å². The van der Waals surface area contributed by atoms with E-state index in [1.165, 1.54) is 18.2 Å². The Balaban J connectivity index is 2.31. The van der Waals surface area contributed by atoms with Crippen molar-refractivity contribution in [2.75, 3.05) is 0 Å². The molecule has 0 fully saturated rings. The number of aliphatic hydroxyl groups is 1. The summed E-state index contributed by atoms with van der Waals surface area (Å²) in [5.74, 6) is 0.734. The zero-order valence-electron chi connectivity index (χ0n) is 9.73. The lowest BCUT2D eigenvalue weighted by atomic mass is 10.1. The van der Waals surface area contributed by atoms with Gasteiger partial charge in [-0.1, -0.05) is 0 Å². The van der Waals surface area contributed by atoms with Gasteiger partial charge >= 0.3 is 0 Å². The first-order chi connectivity index (χ1) is 8.56. The number of benzene rings is 2. The van der Waals surface area contributed by atoms with E-state index in [0.29, 0.717) is 17.1 Å². The predicted molar refractivity (Wildman–Crippen MR) is 76.3 cm³/mol. The molecule has 0 saturated heterocycles. The number of hydrogen-bond donors (Lipinski definition) is 1. The van der Waals surface area contributed by atoms with Crippen LogP contribution in [0.1, 0.15) is 18.6 Å². The highest BCUT2D eigenvalue weighted by atomic mass is 127. The fraction of sp³-hybridized carbons (Fsp3) is 0.143. The van der Waals surface area contributed by atoms with Crippen LogP contribution in [0.4, 0.5) is 4.39 Å². The van der Waals surface area contributed by atoms with E-state index >= 15 is 0 Å². The molecule has 0 aliphatic rings. The van der Waals surface area contributed by atoms with Crippen LogP contribution in [0.5, 0.6) is 11.5 Å². The van der Waals surface area contributed by atoms with Crippen molar-refractivity contribution < 1.29 is 14.2 Å². The minimum absolute atomic E-state index is 0.388. The first-order valence-electron chi connectivity index (χ1n) is 5.47. The molecule has 0 amide bonds. The molecular weight excluding hydrogens is 346 g/mol. The van der Waals surface area contributed by atoms with Crippen molar-refractivity contribution >= 4 is 22.6 Å². The third-order valence-electron chi connectivity index (χ3n) is 2.46. The fourth-order valence-electron chi connectivity index (χ4n) is 1.57. The second-order valence-corrected chi connectivity index (χ2v) is 5.16. The van der Waals surface area contributed by atoms with E-state index in [9.17, 15) is 9.50 Å². The molecule has 0 aromatic heterocycles. The summed E-state index contributed by atoms with van der Waals surface area (Å²) in [6.07, 6.45) is -0.778. The molecule has 0 heterocycles. The second kappa shape index (κ2) is 5.67. The largest absolute Gasteiger partial charge is 0.457 e. The number of halogens is 2. The summed E-state index contributed by atoms with van der Waals surface area (Å²) < 4.78 is 19.9. The smallest absolute Gasteiger partial charge is 0.133 e. The average molecular weight is 358 g/mol. The third-order valence-corrected chi connectivity index (χ3v) is 3.18. The maximum absolute atomic E-state index is 13.1. The van der Waals surface area contributed by atoms with Crippen LogP contribution >= 0.6 is 22.6 Å². The molecule has 0 bridgehead atoms. The molecular formula is C14H12FIO2. The molecule has 1 atom stereocenters. The Kier molecular flexibility index (Phi) is 4.19. The van der Waals surface area contributed by atoms with Crippen LogP contribution in [0.2, 0.25) is 0 Å². The average Bonchev–Trinajstić information content (AvgIpc) is 2.34. The molecule has 94 valence electrons. The zero-order valence-corrected chi connectivity index (χ0v) is 11.9. The van der Waals surface area contributed by atoms with Crippen LogP contribution < -0.4 is 4.74 Å². The molecule has 0 saturated carbocycles. The number of hydrogen-bond acceptors (Lipinski definition) is 2. The Morgan fingerprint density at radius 1 is 1.17 bits per heavy atom. The Hall–Kier alpha value is -1.14. The highest BCUT2D eigenvalue weighted by molar-refractivity contribution is 14.1. The predicted octanol–water partition coefficient (Wildman–Crippen LogP) is 4.28. The van der Waals surface area contributed by atoms with Gasteiger partial charge in [-0.15, -0.1) is 0 Å². The summed E-state index contributed by atoms with van der Waals surface area (Å²) in [4.78, 5) is 0. The summed E-state index contributed by atoms with van der Waals surface area (Å²) in [5.41, 5.74) is 0.438. The molecule has 2 aromatic carbocycles. The van der Waals surface area contributed by atoms with Crippen molar-refractivity contribution in [1.29, 1.82) is 0 Å². The van der Waals surface area contributed by atoms with Gasteiger partial charge < -0.3 is 9.84 Å². The SMILES string of the molecule is C[C@@H](O)c1cc(F)ccc1Oc1ccc(I)cc1. The zero-order chi connectivity index (χ0) is 13.1. The first kappa shape index (κ1) is 13.3. The number of ether oxygens (including phenoxy) is 1. The highest BCUT2D eigenvalue weighted by Crippen LogP contribution is 2.30. The van der Waals surface area contributed by atoms with E-state index in [4.69, 9.17) is 4.74 Å². The lowest BCUT2D eigenvalue weighted by Crippen LogP contribution is -1.97. The van der Waals surface area contributed by atoms with Crippen LogP contribution in [-0.2, 0) is 0 Å². The molecule has 4 heteroatoms. The van der Waals surface area contributed by atoms with Crippen LogP contribution in [0, 0.1) is 9.39 Å². The topological polar surface area (TPSA) is 29.5 Å². The van der Waals surface area contributed by atoms with Crippen LogP contribution in [0.25, 0.3) is 0 Å². The molecule has 0 aliphatic carbocycles. The Morgan fingerprint density at radius 3 is 2.44 bits per heavy atom. The molecule has 2 nitrogen and oxygen atoms in total. The van der Waals surface area contributed by atoms with Crippen molar-refractivity contribution in [3.8, 4) is 11.5 Å². The van der Waals surface area contributed by atoms with E-state index in [1.807, 2.05) is 24.3 Å². The fourth-order valence-corrected chi connectivity index (χ4v) is 1.93. The summed E-state index contributed by atoms with van der Waals surface area (Å²) in [5, 5.41) is 9.60. The molecule has 0 radical (unpaired) electrons. The summed E-state index contributed by atoms with van der Waals surface area (Å²) in [6.45, 7) is 1.58. The quantitative estimate of drug-likeness (QED) is 0.831. The molecule has 18 heavy (non-hydrogen) atoms. The summed E-state index contributed by atoms with van der Waals surface area (Å²) >= 11 is 2.20. The van der Waals surface area contributed by atoms with Crippen LogP contribution in [0.15, 0.2) is 42.5 Å². The molecule has 2 rings (SSSR count). The van der Waals surface area contributed by atoms with Gasteiger partial charge in [0.15, 0.2) is 0 Å². The summed E-state index contributed by atoms with van der Waals surface area (Å²) in [7, 11) is 0. The van der Waals surface area contributed by atoms with E-state index in [-0.39, 0.29) is 5.82 Å². The molecule has 0 spiro atoms. The Bertz CT molecular complexity index is 538. The van der Waals surface area contributed by atoms with Gasteiger partial charge in [0.2, 0.25) is 0 Å². The van der Waals surface area contributed by atoms with E-state index in [1.54, 1.807) is 6.92 Å². The van der Waals surface area contributed by atoms with Crippen molar-refractivity contribution in [3.63, 3.8) is 0 Å². The van der Waals surface area contributed by atoms with Crippen molar-refractivity contribution in [2.24, 2.45) is 0 Å². The standard InChI is InChI=1S/C14H12FIO2/c1-9(17)13-8-10(15)2-7-14(13)18-12-5-3-11(16)4-6-12/h2-9,17H,1H3/t9-/m1/s1. The Labute approximate surface area is 119 Å². The van der Waals surface area contributed by atoms with Crippen LogP contribution in [-0.4, -0.2) is 5.11 Å². The minimum Gasteiger partial charge on any atom is -0.457 e. The number of rotatable bonds is 3. The van der Waals surface area contributed by atoms with Crippen molar-refractivity contribution in [1.82, 2.24) is 0 Å². The third kappa shape index (κ3) is 3.20. The summed E-state index contributed by atoms with van der Waals surface area (Å²) in [6, 6.07) is 11.6. The van der Waals surface area contributed by atoms with Gasteiger partial charge in [0.25, 0.3) is 0 Å². The van der Waals surface area contributed by atoms with Crippen molar-refractivity contribution in [2.45, 2.75) is 13.0 Å². The van der Waals surface area contributed by atoms with Gasteiger partial charge in [-0.25, -0.2) is 4.39 Å². The lowest BCUT2D eigenvalue weighted by molar-refractivity contribution is 0.195. The van der Waals surface area contributed by atoms with Gasteiger partial charge in [-0.2, -0.15) is 0 Å². The Morgan fingerprint density at radius 2 is 1.83 bits per heavy atom. The first-order valence-corrected chi connectivity index (χ1v) is 6.55. The molecule has 0 aliphatic heterocycles. The van der Waals surface area contributed by atoms with Gasteiger partial charge in [0, 0.05) is 9.13 Å². The molecule has 1 N–H and O–H groups in total.